The molecule has 4 rings (SSSR count). The van der Waals surface area contributed by atoms with Crippen molar-refractivity contribution in [3.05, 3.63) is 77.1 Å². The summed E-state index contributed by atoms with van der Waals surface area (Å²) in [5.41, 5.74) is 2.34. The topological polar surface area (TPSA) is 83.5 Å². The first kappa shape index (κ1) is 23.2. The third kappa shape index (κ3) is 4.85. The third-order valence-electron chi connectivity index (χ3n) is 5.51. The number of fused-ring (bicyclic) bond motifs is 1. The molecule has 8 heteroatoms. The molecule has 2 aromatic carbocycles. The predicted molar refractivity (Wildman–Crippen MR) is 123 cm³/mol. The van der Waals surface area contributed by atoms with Crippen LogP contribution in [-0.4, -0.2) is 44.0 Å². The van der Waals surface area contributed by atoms with Crippen LogP contribution < -0.4 is 14.2 Å². The molecule has 0 N–H and O–H groups in total. The molecule has 0 spiro atoms. The molecule has 0 atom stereocenters. The smallest absolute Gasteiger partial charge is 0.336 e. The number of esters is 2. The zero-order chi connectivity index (χ0) is 24.1. The maximum Gasteiger partial charge on any atom is 0.336 e. The summed E-state index contributed by atoms with van der Waals surface area (Å²) in [6.45, 7) is 4.47. The number of hydrogen-bond donors (Lipinski definition) is 0. The van der Waals surface area contributed by atoms with Gasteiger partial charge in [0.05, 0.1) is 37.4 Å². The number of methoxy groups -OCH3 is 1. The number of benzene rings is 2. The highest BCUT2D eigenvalue weighted by molar-refractivity contribution is 5.98. The molecular weight excluding hydrogens is 438 g/mol. The standard InChI is InChI=1S/C26H27NO7/c1-4-31-25(28)20-14-27(13-17-6-9-19(30-3)10-7-17)15-21(26(29)32-5-2)24(20)18-8-11-22-23(12-18)34-16-33-22/h6-12,14-15,24H,4-5,13,16H2,1-3H3. The van der Waals surface area contributed by atoms with Crippen LogP contribution in [0.4, 0.5) is 0 Å². The van der Waals surface area contributed by atoms with Gasteiger partial charge in [0.2, 0.25) is 6.79 Å². The highest BCUT2D eigenvalue weighted by Crippen LogP contribution is 2.42. The van der Waals surface area contributed by atoms with Gasteiger partial charge in [0.15, 0.2) is 11.5 Å². The summed E-state index contributed by atoms with van der Waals surface area (Å²) in [6, 6.07) is 13.0. The Morgan fingerprint density at radius 1 is 0.912 bits per heavy atom. The van der Waals surface area contributed by atoms with Crippen molar-refractivity contribution in [2.24, 2.45) is 0 Å². The molecule has 0 saturated heterocycles. The van der Waals surface area contributed by atoms with E-state index in [-0.39, 0.29) is 20.0 Å². The van der Waals surface area contributed by atoms with Crippen LogP contribution in [0.15, 0.2) is 66.0 Å². The molecule has 0 aliphatic carbocycles. The van der Waals surface area contributed by atoms with E-state index in [1.807, 2.05) is 30.3 Å². The van der Waals surface area contributed by atoms with E-state index in [0.717, 1.165) is 11.3 Å². The molecule has 0 radical (unpaired) electrons. The van der Waals surface area contributed by atoms with Crippen LogP contribution in [0.3, 0.4) is 0 Å². The van der Waals surface area contributed by atoms with Gasteiger partial charge in [0, 0.05) is 18.9 Å². The summed E-state index contributed by atoms with van der Waals surface area (Å²) in [6.07, 6.45) is 3.44. The second-order valence-corrected chi connectivity index (χ2v) is 7.68. The van der Waals surface area contributed by atoms with Gasteiger partial charge in [-0.05, 0) is 49.2 Å². The third-order valence-corrected chi connectivity index (χ3v) is 5.51. The van der Waals surface area contributed by atoms with Crippen LogP contribution >= 0.6 is 0 Å². The van der Waals surface area contributed by atoms with Gasteiger partial charge in [0.25, 0.3) is 0 Å². The summed E-state index contributed by atoms with van der Waals surface area (Å²) in [5, 5.41) is 0. The number of carbonyl (C=O) groups is 2. The van der Waals surface area contributed by atoms with E-state index in [1.54, 1.807) is 50.4 Å². The van der Waals surface area contributed by atoms with Gasteiger partial charge in [-0.25, -0.2) is 9.59 Å². The fourth-order valence-electron chi connectivity index (χ4n) is 3.97. The molecule has 178 valence electrons. The normalized spacial score (nSPS) is 14.9. The largest absolute Gasteiger partial charge is 0.497 e. The summed E-state index contributed by atoms with van der Waals surface area (Å²) in [5.74, 6) is 0.240. The number of hydrogen-bond acceptors (Lipinski definition) is 8. The molecular formula is C26H27NO7. The highest BCUT2D eigenvalue weighted by atomic mass is 16.7. The Morgan fingerprint density at radius 2 is 1.53 bits per heavy atom. The summed E-state index contributed by atoms with van der Waals surface area (Å²) in [7, 11) is 1.61. The van der Waals surface area contributed by atoms with Crippen molar-refractivity contribution < 1.29 is 33.3 Å². The molecule has 34 heavy (non-hydrogen) atoms. The monoisotopic (exact) mass is 465 g/mol. The van der Waals surface area contributed by atoms with Crippen LogP contribution in [0.1, 0.15) is 30.9 Å². The molecule has 0 saturated carbocycles. The molecule has 2 aromatic rings. The number of rotatable bonds is 8. The highest BCUT2D eigenvalue weighted by Gasteiger charge is 2.36. The van der Waals surface area contributed by atoms with E-state index >= 15 is 0 Å². The van der Waals surface area contributed by atoms with Crippen LogP contribution in [0.25, 0.3) is 0 Å². The lowest BCUT2D eigenvalue weighted by Crippen LogP contribution is -2.29. The van der Waals surface area contributed by atoms with E-state index in [2.05, 4.69) is 0 Å². The summed E-state index contributed by atoms with van der Waals surface area (Å²) < 4.78 is 26.9. The Labute approximate surface area is 198 Å². The van der Waals surface area contributed by atoms with Crippen molar-refractivity contribution in [2.45, 2.75) is 26.3 Å². The maximum atomic E-state index is 13.1. The molecule has 2 aliphatic heterocycles. The summed E-state index contributed by atoms with van der Waals surface area (Å²) >= 11 is 0. The fourth-order valence-corrected chi connectivity index (χ4v) is 3.97. The second kappa shape index (κ2) is 10.3. The first-order valence-electron chi connectivity index (χ1n) is 11.1. The molecule has 0 bridgehead atoms. The Hall–Kier alpha value is -3.94. The average Bonchev–Trinajstić information content (AvgIpc) is 3.32. The van der Waals surface area contributed by atoms with Crippen LogP contribution in [0.5, 0.6) is 17.2 Å². The van der Waals surface area contributed by atoms with Gasteiger partial charge in [0.1, 0.15) is 5.75 Å². The minimum absolute atomic E-state index is 0.125. The predicted octanol–water partition coefficient (Wildman–Crippen LogP) is 3.92. The van der Waals surface area contributed by atoms with Crippen molar-refractivity contribution in [1.82, 2.24) is 4.90 Å². The molecule has 8 nitrogen and oxygen atoms in total. The lowest BCUT2D eigenvalue weighted by atomic mass is 9.83. The number of nitrogens with zero attached hydrogens (tertiary/aromatic N) is 1. The van der Waals surface area contributed by atoms with Crippen molar-refractivity contribution in [3.8, 4) is 17.2 Å². The molecule has 0 amide bonds. The van der Waals surface area contributed by atoms with Gasteiger partial charge in [-0.15, -0.1) is 0 Å². The fraction of sp³-hybridized carbons (Fsp3) is 0.308. The van der Waals surface area contributed by atoms with Crippen molar-refractivity contribution in [1.29, 1.82) is 0 Å². The summed E-state index contributed by atoms with van der Waals surface area (Å²) in [4.78, 5) is 27.9. The van der Waals surface area contributed by atoms with E-state index in [1.165, 1.54) is 0 Å². The minimum Gasteiger partial charge on any atom is -0.497 e. The molecule has 0 aromatic heterocycles. The second-order valence-electron chi connectivity index (χ2n) is 7.68. The first-order chi connectivity index (χ1) is 16.5. The van der Waals surface area contributed by atoms with Crippen molar-refractivity contribution in [2.75, 3.05) is 27.1 Å². The lowest BCUT2D eigenvalue weighted by molar-refractivity contribution is -0.139. The lowest BCUT2D eigenvalue weighted by Gasteiger charge is -2.30. The van der Waals surface area contributed by atoms with Crippen LogP contribution in [-0.2, 0) is 25.6 Å². The van der Waals surface area contributed by atoms with Gasteiger partial charge >= 0.3 is 11.9 Å². The molecule has 0 fully saturated rings. The Morgan fingerprint density at radius 3 is 2.12 bits per heavy atom. The Bertz CT molecular complexity index is 1080. The van der Waals surface area contributed by atoms with Crippen molar-refractivity contribution in [3.63, 3.8) is 0 Å². The van der Waals surface area contributed by atoms with Crippen LogP contribution in [0.2, 0.25) is 0 Å². The first-order valence-corrected chi connectivity index (χ1v) is 11.1. The maximum absolute atomic E-state index is 13.1. The van der Waals surface area contributed by atoms with Gasteiger partial charge in [-0.2, -0.15) is 0 Å². The van der Waals surface area contributed by atoms with Gasteiger partial charge in [-0.1, -0.05) is 18.2 Å². The quantitative estimate of drug-likeness (QED) is 0.543. The van der Waals surface area contributed by atoms with E-state index in [4.69, 9.17) is 23.7 Å². The molecule has 2 aliphatic rings. The van der Waals surface area contributed by atoms with E-state index in [9.17, 15) is 9.59 Å². The minimum atomic E-state index is -0.681. The number of ether oxygens (including phenoxy) is 5. The molecule has 2 heterocycles. The van der Waals surface area contributed by atoms with E-state index in [0.29, 0.717) is 34.8 Å². The SMILES string of the molecule is CCOC(=O)C1=CN(Cc2ccc(OC)cc2)C=C(C(=O)OCC)C1c1ccc2c(c1)OCO2. The van der Waals surface area contributed by atoms with Crippen molar-refractivity contribution >= 4 is 11.9 Å². The average molecular weight is 466 g/mol. The Balaban J connectivity index is 1.75. The van der Waals surface area contributed by atoms with Gasteiger partial charge < -0.3 is 28.6 Å². The Kier molecular flexibility index (Phi) is 7.06. The zero-order valence-electron chi connectivity index (χ0n) is 19.4. The molecule has 0 unspecified atom stereocenters. The number of carbonyl (C=O) groups excluding carboxylic acids is 2. The van der Waals surface area contributed by atoms with Crippen LogP contribution in [0, 0.1) is 0 Å². The van der Waals surface area contributed by atoms with Gasteiger partial charge in [-0.3, -0.25) is 0 Å². The van der Waals surface area contributed by atoms with E-state index < -0.39 is 17.9 Å². The zero-order valence-corrected chi connectivity index (χ0v) is 19.4.